The van der Waals surface area contributed by atoms with Gasteiger partial charge in [-0.15, -0.1) is 0 Å². The summed E-state index contributed by atoms with van der Waals surface area (Å²) < 4.78 is 13.2. The number of quaternary nitrogens is 1. The lowest BCUT2D eigenvalue weighted by Crippen LogP contribution is -2.80. The van der Waals surface area contributed by atoms with Crippen molar-refractivity contribution in [1.82, 2.24) is 0 Å². The monoisotopic (exact) mass is 385 g/mol. The van der Waals surface area contributed by atoms with E-state index >= 15 is 0 Å². The van der Waals surface area contributed by atoms with Gasteiger partial charge in [-0.05, 0) is 50.2 Å². The summed E-state index contributed by atoms with van der Waals surface area (Å²) in [6, 6.07) is 3.75. The van der Waals surface area contributed by atoms with Crippen molar-refractivity contribution in [1.29, 1.82) is 0 Å². The van der Waals surface area contributed by atoms with Crippen LogP contribution in [0, 0.1) is 11.1 Å². The van der Waals surface area contributed by atoms with E-state index in [1.807, 2.05) is 6.07 Å². The van der Waals surface area contributed by atoms with E-state index in [4.69, 9.17) is 9.47 Å². The molecule has 1 aromatic carbocycles. The van der Waals surface area contributed by atoms with Crippen molar-refractivity contribution in [2.75, 3.05) is 19.7 Å². The molecule has 3 fully saturated rings. The smallest absolute Gasteiger partial charge is 0.165 e. The molecule has 2 heterocycles. The number of likely N-dealkylation sites (tertiary alicyclic amines) is 1. The summed E-state index contributed by atoms with van der Waals surface area (Å²) >= 11 is 0. The Morgan fingerprint density at radius 3 is 2.93 bits per heavy atom. The Kier molecular flexibility index (Phi) is 3.54. The summed E-state index contributed by atoms with van der Waals surface area (Å²) in [5, 5.41) is 24.9. The topological polar surface area (TPSA) is 61.8 Å². The van der Waals surface area contributed by atoms with Crippen LogP contribution in [0.15, 0.2) is 12.1 Å². The van der Waals surface area contributed by atoms with Gasteiger partial charge >= 0.3 is 0 Å². The Labute approximate surface area is 166 Å². The number of ether oxygens (including phenoxy) is 2. The maximum Gasteiger partial charge on any atom is 0.165 e. The van der Waals surface area contributed by atoms with Crippen molar-refractivity contribution < 1.29 is 19.2 Å². The molecule has 0 amide bonds. The molecule has 1 N–H and O–H groups in total. The van der Waals surface area contributed by atoms with Crippen molar-refractivity contribution in [2.24, 2.45) is 5.92 Å². The molecule has 1 saturated heterocycles. The van der Waals surface area contributed by atoms with E-state index in [1.54, 1.807) is 6.07 Å². The van der Waals surface area contributed by atoms with Crippen LogP contribution in [0.4, 0.5) is 0 Å². The first-order valence-electron chi connectivity index (χ1n) is 11.3. The van der Waals surface area contributed by atoms with Crippen LogP contribution >= 0.6 is 0 Å². The van der Waals surface area contributed by atoms with Crippen LogP contribution < -0.4 is 4.74 Å². The number of phenolic OH excluding ortho intramolecular Hbond substituents is 1. The van der Waals surface area contributed by atoms with Gasteiger partial charge in [-0.2, -0.15) is 0 Å². The highest BCUT2D eigenvalue weighted by Crippen LogP contribution is 2.67. The number of hydrogen-bond acceptors (Lipinski definition) is 4. The Morgan fingerprint density at radius 1 is 1.29 bits per heavy atom. The molecule has 5 aliphatic rings. The molecule has 3 aliphatic carbocycles. The van der Waals surface area contributed by atoms with E-state index in [1.165, 1.54) is 24.0 Å². The predicted molar refractivity (Wildman–Crippen MR) is 105 cm³/mol. The summed E-state index contributed by atoms with van der Waals surface area (Å²) in [4.78, 5) is 0. The summed E-state index contributed by atoms with van der Waals surface area (Å²) in [6.45, 7) is 4.25. The van der Waals surface area contributed by atoms with Gasteiger partial charge in [-0.25, -0.2) is 0 Å². The molecule has 2 aliphatic heterocycles. The first-order chi connectivity index (χ1) is 13.5. The number of hydrogen-bond donors (Lipinski definition) is 1. The first kappa shape index (κ1) is 17.5. The quantitative estimate of drug-likeness (QED) is 0.619. The molecule has 2 bridgehead atoms. The minimum Gasteiger partial charge on any atom is -0.632 e. The maximum absolute atomic E-state index is 14.3. The predicted octanol–water partition coefficient (Wildman–Crippen LogP) is 3.79. The standard InChI is InChI=1S/C23H31NO4/c1-2-12-27-23-9-3-4-19-22(23)10-11-24(26,14-15-5-6-15)18(23)13-16-7-8-17(25)21(28-19)20(16)22/h7-8,15,18-19,25H,2-6,9-14H2,1H3/t18-,19+,22-,23?,24+/m1/s1. The van der Waals surface area contributed by atoms with E-state index in [0.717, 1.165) is 45.1 Å². The van der Waals surface area contributed by atoms with Crippen LogP contribution in [0.5, 0.6) is 11.5 Å². The zero-order valence-corrected chi connectivity index (χ0v) is 16.8. The minimum atomic E-state index is -0.452. The second-order valence-electron chi connectivity index (χ2n) is 9.93. The molecular formula is C23H31NO4. The van der Waals surface area contributed by atoms with Gasteiger partial charge in [0, 0.05) is 30.9 Å². The van der Waals surface area contributed by atoms with E-state index in [0.29, 0.717) is 24.8 Å². The van der Waals surface area contributed by atoms with Gasteiger partial charge in [-0.3, -0.25) is 0 Å². The number of aromatic hydroxyl groups is 1. The third kappa shape index (κ3) is 1.98. The molecule has 0 radical (unpaired) electrons. The lowest BCUT2D eigenvalue weighted by molar-refractivity contribution is -0.924. The fraction of sp³-hybridized carbons (Fsp3) is 0.739. The van der Waals surface area contributed by atoms with Crippen LogP contribution in [0.1, 0.15) is 63.0 Å². The second-order valence-corrected chi connectivity index (χ2v) is 9.93. The fourth-order valence-electron chi connectivity index (χ4n) is 7.30. The number of nitrogens with zero attached hydrogens (tertiary/aromatic N) is 1. The molecule has 5 atom stereocenters. The van der Waals surface area contributed by atoms with Crippen molar-refractivity contribution in [3.05, 3.63) is 28.5 Å². The summed E-state index contributed by atoms with van der Waals surface area (Å²) in [7, 11) is 0. The zero-order chi connectivity index (χ0) is 19.1. The van der Waals surface area contributed by atoms with E-state index in [9.17, 15) is 10.3 Å². The van der Waals surface area contributed by atoms with Crippen molar-refractivity contribution in [3.8, 4) is 11.5 Å². The van der Waals surface area contributed by atoms with E-state index in [2.05, 4.69) is 6.92 Å². The molecule has 6 rings (SSSR count). The minimum absolute atomic E-state index is 0.0256. The molecule has 5 nitrogen and oxygen atoms in total. The molecular weight excluding hydrogens is 354 g/mol. The zero-order valence-electron chi connectivity index (χ0n) is 16.8. The average molecular weight is 386 g/mol. The van der Waals surface area contributed by atoms with Gasteiger partial charge in [0.25, 0.3) is 0 Å². The van der Waals surface area contributed by atoms with Crippen LogP contribution in [-0.4, -0.2) is 47.2 Å². The highest BCUT2D eigenvalue weighted by Gasteiger charge is 2.75. The highest BCUT2D eigenvalue weighted by atomic mass is 16.6. The first-order valence-corrected chi connectivity index (χ1v) is 11.3. The molecule has 152 valence electrons. The highest BCUT2D eigenvalue weighted by molar-refractivity contribution is 5.62. The third-order valence-electron chi connectivity index (χ3n) is 8.48. The molecule has 5 heteroatoms. The maximum atomic E-state index is 14.3. The number of phenols is 1. The normalized spacial score (nSPS) is 42.8. The average Bonchev–Trinajstić information content (AvgIpc) is 3.42. The summed E-state index contributed by atoms with van der Waals surface area (Å²) in [5.74, 6) is 1.53. The number of rotatable bonds is 5. The van der Waals surface area contributed by atoms with Crippen LogP contribution in [0.2, 0.25) is 0 Å². The van der Waals surface area contributed by atoms with Gasteiger partial charge in [0.05, 0.1) is 18.5 Å². The lowest BCUT2D eigenvalue weighted by atomic mass is 9.49. The van der Waals surface area contributed by atoms with Crippen molar-refractivity contribution in [3.63, 3.8) is 0 Å². The van der Waals surface area contributed by atoms with Crippen molar-refractivity contribution >= 4 is 0 Å². The van der Waals surface area contributed by atoms with E-state index in [-0.39, 0.29) is 28.0 Å². The van der Waals surface area contributed by atoms with Gasteiger partial charge < -0.3 is 24.4 Å². The number of benzene rings is 1. The Morgan fingerprint density at radius 2 is 2.14 bits per heavy atom. The number of piperidine rings is 1. The SMILES string of the molecule is CCCOC12CCC[C@@H]3Oc4c(O)ccc5c4[C@@]31CC[N@+]([O-])(CC1CC1)[C@@H]2C5. The molecule has 28 heavy (non-hydrogen) atoms. The third-order valence-corrected chi connectivity index (χ3v) is 8.48. The van der Waals surface area contributed by atoms with Crippen LogP contribution in [0.3, 0.4) is 0 Å². The second kappa shape index (κ2) is 5.65. The Hall–Kier alpha value is -1.30. The summed E-state index contributed by atoms with van der Waals surface area (Å²) in [6.07, 6.45) is 7.93. The van der Waals surface area contributed by atoms with Crippen LogP contribution in [-0.2, 0) is 16.6 Å². The summed E-state index contributed by atoms with van der Waals surface area (Å²) in [5.41, 5.74) is 1.68. The van der Waals surface area contributed by atoms with Gasteiger partial charge in [-0.1, -0.05) is 13.0 Å². The molecule has 1 spiro atoms. The Bertz CT molecular complexity index is 823. The van der Waals surface area contributed by atoms with Gasteiger partial charge in [0.15, 0.2) is 11.5 Å². The van der Waals surface area contributed by atoms with Gasteiger partial charge in [0.2, 0.25) is 0 Å². The van der Waals surface area contributed by atoms with Gasteiger partial charge in [0.1, 0.15) is 17.7 Å². The van der Waals surface area contributed by atoms with Crippen LogP contribution in [0.25, 0.3) is 0 Å². The largest absolute Gasteiger partial charge is 0.632 e. The fourth-order valence-corrected chi connectivity index (χ4v) is 7.30. The van der Waals surface area contributed by atoms with E-state index < -0.39 is 5.60 Å². The molecule has 2 saturated carbocycles. The molecule has 0 aromatic heterocycles. The van der Waals surface area contributed by atoms with Crippen molar-refractivity contribution in [2.45, 2.75) is 81.5 Å². The Balaban J connectivity index is 1.57. The molecule has 1 unspecified atom stereocenters. The number of hydroxylamine groups is 3. The molecule has 1 aromatic rings. The lowest BCUT2D eigenvalue weighted by Gasteiger charge is -2.68.